The number of carbonyl (C=O) groups excluding carboxylic acids is 1. The molecule has 0 bridgehead atoms. The molecule has 134 valence electrons. The summed E-state index contributed by atoms with van der Waals surface area (Å²) >= 11 is 6.11. The van der Waals surface area contributed by atoms with Crippen molar-refractivity contribution in [3.05, 3.63) is 34.7 Å². The topological polar surface area (TPSA) is 74.5 Å². The quantitative estimate of drug-likeness (QED) is 0.880. The number of carbonyl (C=O) groups is 1. The maximum absolute atomic E-state index is 12.4. The first-order chi connectivity index (χ1) is 11.9. The maximum Gasteiger partial charge on any atom is 0.265 e. The van der Waals surface area contributed by atoms with Gasteiger partial charge in [-0.2, -0.15) is 4.98 Å². The fourth-order valence-corrected chi connectivity index (χ4v) is 3.08. The zero-order valence-corrected chi connectivity index (χ0v) is 15.4. The van der Waals surface area contributed by atoms with Crippen molar-refractivity contribution in [2.24, 2.45) is 0 Å². The van der Waals surface area contributed by atoms with Crippen LogP contribution in [0.25, 0.3) is 0 Å². The molecule has 3 rings (SSSR count). The first-order valence-corrected chi connectivity index (χ1v) is 8.63. The van der Waals surface area contributed by atoms with Crippen LogP contribution in [0.3, 0.4) is 0 Å². The molecule has 1 amide bonds. The Bertz CT molecular complexity index is 761. The third-order valence-corrected chi connectivity index (χ3v) is 4.69. The summed E-state index contributed by atoms with van der Waals surface area (Å²) in [5.74, 6) is 1.02. The van der Waals surface area contributed by atoms with Crippen LogP contribution in [0, 0.1) is 6.92 Å². The van der Waals surface area contributed by atoms with E-state index in [2.05, 4.69) is 20.4 Å². The van der Waals surface area contributed by atoms with Crippen molar-refractivity contribution in [1.29, 1.82) is 0 Å². The van der Waals surface area contributed by atoms with Gasteiger partial charge in [0.15, 0.2) is 0 Å². The van der Waals surface area contributed by atoms with Crippen molar-refractivity contribution in [3.63, 3.8) is 0 Å². The highest BCUT2D eigenvalue weighted by molar-refractivity contribution is 6.31. The van der Waals surface area contributed by atoms with Gasteiger partial charge in [-0.15, -0.1) is 0 Å². The normalized spacial score (nSPS) is 17.7. The number of likely N-dealkylation sites (tertiary alicyclic amines) is 1. The van der Waals surface area contributed by atoms with Gasteiger partial charge in [0.1, 0.15) is 0 Å². The van der Waals surface area contributed by atoms with Crippen LogP contribution >= 0.6 is 11.6 Å². The zero-order chi connectivity index (χ0) is 18.0. The summed E-state index contributed by atoms with van der Waals surface area (Å²) in [6.07, 6.45) is 1.90. The van der Waals surface area contributed by atoms with Gasteiger partial charge in [-0.05, 0) is 49.2 Å². The molecule has 25 heavy (non-hydrogen) atoms. The molecule has 8 heteroatoms. The van der Waals surface area contributed by atoms with E-state index in [1.54, 1.807) is 11.0 Å². The molecule has 0 radical (unpaired) electrons. The summed E-state index contributed by atoms with van der Waals surface area (Å²) in [4.78, 5) is 20.7. The number of amides is 1. The van der Waals surface area contributed by atoms with E-state index in [4.69, 9.17) is 16.1 Å². The minimum atomic E-state index is -0.0841. The second kappa shape index (κ2) is 7.41. The molecule has 1 N–H and O–H groups in total. The number of benzene rings is 1. The first kappa shape index (κ1) is 17.7. The Hall–Kier alpha value is -2.12. The van der Waals surface area contributed by atoms with E-state index < -0.39 is 0 Å². The summed E-state index contributed by atoms with van der Waals surface area (Å²) in [6.45, 7) is 3.03. The lowest BCUT2D eigenvalue weighted by molar-refractivity contribution is -0.117. The second-order valence-electron chi connectivity index (χ2n) is 6.47. The van der Waals surface area contributed by atoms with E-state index in [1.165, 1.54) is 0 Å². The summed E-state index contributed by atoms with van der Waals surface area (Å²) in [7, 11) is 3.72. The lowest BCUT2D eigenvalue weighted by Crippen LogP contribution is -2.33. The van der Waals surface area contributed by atoms with Crippen molar-refractivity contribution in [2.45, 2.75) is 25.8 Å². The molecule has 1 fully saturated rings. The van der Waals surface area contributed by atoms with Crippen LogP contribution in [0.2, 0.25) is 5.02 Å². The molecule has 0 unspecified atom stereocenters. The van der Waals surface area contributed by atoms with Gasteiger partial charge in [0, 0.05) is 24.8 Å². The minimum absolute atomic E-state index is 0.0199. The molecule has 2 heterocycles. The monoisotopic (exact) mass is 363 g/mol. The Kier molecular flexibility index (Phi) is 5.24. The van der Waals surface area contributed by atoms with Crippen LogP contribution in [-0.2, 0) is 4.79 Å². The van der Waals surface area contributed by atoms with Crippen LogP contribution in [0.1, 0.15) is 30.3 Å². The molecule has 1 aromatic heterocycles. The van der Waals surface area contributed by atoms with Crippen molar-refractivity contribution >= 4 is 29.1 Å². The van der Waals surface area contributed by atoms with Gasteiger partial charge in [-0.3, -0.25) is 9.69 Å². The standard InChI is InChI=1S/C17H22ClN5O2/c1-11-6-7-12(9-13(11)18)19-15(24)10-23-8-4-5-14(23)16-20-17(21-25-16)22(2)3/h6-7,9,14H,4-5,8,10H2,1-3H3,(H,19,24)/t14-/m0/s1. The molecule has 2 aromatic rings. The van der Waals surface area contributed by atoms with Crippen LogP contribution < -0.4 is 10.2 Å². The molecule has 1 aromatic carbocycles. The summed E-state index contributed by atoms with van der Waals surface area (Å²) in [5.41, 5.74) is 1.68. The van der Waals surface area contributed by atoms with Gasteiger partial charge >= 0.3 is 0 Å². The fraction of sp³-hybridized carbons (Fsp3) is 0.471. The molecular weight excluding hydrogens is 342 g/mol. The van der Waals surface area contributed by atoms with Crippen molar-refractivity contribution in [2.75, 3.05) is 37.4 Å². The number of hydrogen-bond donors (Lipinski definition) is 1. The first-order valence-electron chi connectivity index (χ1n) is 8.25. The van der Waals surface area contributed by atoms with Crippen molar-refractivity contribution in [3.8, 4) is 0 Å². The molecule has 7 nitrogen and oxygen atoms in total. The van der Waals surface area contributed by atoms with Gasteiger partial charge in [0.05, 0.1) is 12.6 Å². The predicted octanol–water partition coefficient (Wildman–Crippen LogP) is 2.87. The number of aryl methyl sites for hydroxylation is 1. The van der Waals surface area contributed by atoms with E-state index >= 15 is 0 Å². The zero-order valence-electron chi connectivity index (χ0n) is 14.6. The van der Waals surface area contributed by atoms with Crippen LogP contribution in [0.4, 0.5) is 11.6 Å². The molecule has 0 saturated carbocycles. The number of rotatable bonds is 5. The van der Waals surface area contributed by atoms with Gasteiger partial charge in [-0.25, -0.2) is 0 Å². The Morgan fingerprint density at radius 3 is 2.96 bits per heavy atom. The van der Waals surface area contributed by atoms with Gasteiger partial charge in [0.2, 0.25) is 11.8 Å². The highest BCUT2D eigenvalue weighted by Gasteiger charge is 2.32. The van der Waals surface area contributed by atoms with Crippen molar-refractivity contribution < 1.29 is 9.32 Å². The number of nitrogens with zero attached hydrogens (tertiary/aromatic N) is 4. The summed E-state index contributed by atoms with van der Waals surface area (Å²) in [6, 6.07) is 5.48. The largest absolute Gasteiger partial charge is 0.344 e. The van der Waals surface area contributed by atoms with Gasteiger partial charge in [-0.1, -0.05) is 17.7 Å². The summed E-state index contributed by atoms with van der Waals surface area (Å²) in [5, 5.41) is 7.49. The third-order valence-electron chi connectivity index (χ3n) is 4.28. The number of halogens is 1. The Morgan fingerprint density at radius 2 is 2.28 bits per heavy atom. The average molecular weight is 364 g/mol. The maximum atomic E-state index is 12.4. The van der Waals surface area contributed by atoms with E-state index in [-0.39, 0.29) is 18.5 Å². The Morgan fingerprint density at radius 1 is 1.48 bits per heavy atom. The van der Waals surface area contributed by atoms with Crippen molar-refractivity contribution in [1.82, 2.24) is 15.0 Å². The molecular formula is C17H22ClN5O2. The molecule has 0 spiro atoms. The molecule has 0 aliphatic carbocycles. The molecule has 1 aliphatic heterocycles. The number of nitrogens with one attached hydrogen (secondary N) is 1. The van der Waals surface area contributed by atoms with Crippen LogP contribution in [0.5, 0.6) is 0 Å². The number of hydrogen-bond acceptors (Lipinski definition) is 6. The Balaban J connectivity index is 1.64. The van der Waals surface area contributed by atoms with Gasteiger partial charge in [0.25, 0.3) is 5.95 Å². The van der Waals surface area contributed by atoms with E-state index in [9.17, 15) is 4.79 Å². The molecule has 1 atom stereocenters. The van der Waals surface area contributed by atoms with Gasteiger partial charge < -0.3 is 14.7 Å². The van der Waals surface area contributed by atoms with Crippen LogP contribution in [0.15, 0.2) is 22.7 Å². The highest BCUT2D eigenvalue weighted by Crippen LogP contribution is 2.31. The molecule has 1 saturated heterocycles. The lowest BCUT2D eigenvalue weighted by atomic mass is 10.2. The predicted molar refractivity (Wildman–Crippen MR) is 97.0 cm³/mol. The minimum Gasteiger partial charge on any atom is -0.344 e. The number of aromatic nitrogens is 2. The lowest BCUT2D eigenvalue weighted by Gasteiger charge is -2.20. The number of anilines is 2. The van der Waals surface area contributed by atoms with E-state index in [0.29, 0.717) is 22.5 Å². The SMILES string of the molecule is Cc1ccc(NC(=O)CN2CCC[C@H]2c2nc(N(C)C)no2)cc1Cl. The average Bonchev–Trinajstić information content (AvgIpc) is 3.19. The third kappa shape index (κ3) is 4.11. The smallest absolute Gasteiger partial charge is 0.265 e. The molecule has 1 aliphatic rings. The highest BCUT2D eigenvalue weighted by atomic mass is 35.5. The summed E-state index contributed by atoms with van der Waals surface area (Å²) < 4.78 is 5.38. The van der Waals surface area contributed by atoms with E-state index in [1.807, 2.05) is 33.2 Å². The van der Waals surface area contributed by atoms with E-state index in [0.717, 1.165) is 24.9 Å². The van der Waals surface area contributed by atoms with Crippen LogP contribution in [-0.4, -0.2) is 48.1 Å². The second-order valence-corrected chi connectivity index (χ2v) is 6.87. The Labute approximate surface area is 151 Å². The fourth-order valence-electron chi connectivity index (χ4n) is 2.89.